The lowest BCUT2D eigenvalue weighted by Gasteiger charge is -2.20. The molecule has 1 unspecified atom stereocenters. The average molecular weight is 850 g/mol. The van der Waals surface area contributed by atoms with Gasteiger partial charge in [-0.3, -0.25) is 18.6 Å². The number of esters is 1. The van der Waals surface area contributed by atoms with Crippen LogP contribution in [0.2, 0.25) is 0 Å². The summed E-state index contributed by atoms with van der Waals surface area (Å²) in [7, 11) is -4.64. The molecule has 10 nitrogen and oxygen atoms in total. The third-order valence-corrected chi connectivity index (χ3v) is 10.5. The summed E-state index contributed by atoms with van der Waals surface area (Å²) < 4.78 is 33.3. The molecule has 0 radical (unpaired) electrons. The fourth-order valence-corrected chi connectivity index (χ4v) is 6.76. The van der Waals surface area contributed by atoms with Gasteiger partial charge in [0.25, 0.3) is 0 Å². The third-order valence-electron chi connectivity index (χ3n) is 9.51. The Balaban J connectivity index is 4.33. The molecule has 0 fully saturated rings. The maximum Gasteiger partial charge on any atom is 0.472 e. The maximum absolute atomic E-state index is 12.6. The van der Waals surface area contributed by atoms with Crippen molar-refractivity contribution in [2.24, 2.45) is 5.73 Å². The molecule has 0 heterocycles. The number of hydrogen-bond donors (Lipinski definition) is 3. The Morgan fingerprint density at radius 1 is 0.559 bits per heavy atom. The minimum atomic E-state index is -4.64. The van der Waals surface area contributed by atoms with Crippen molar-refractivity contribution >= 4 is 19.8 Å². The maximum atomic E-state index is 12.6. The molecule has 0 bridgehead atoms. The molecule has 0 aromatic rings. The van der Waals surface area contributed by atoms with Crippen molar-refractivity contribution in [2.75, 3.05) is 26.4 Å². The lowest BCUT2D eigenvalue weighted by Crippen LogP contribution is -2.34. The number of carboxylic acids is 1. The smallest absolute Gasteiger partial charge is 0.472 e. The molecule has 4 N–H and O–H groups in total. The SMILES string of the molecule is CC/C=C\C/C=C\C/C=C\C/C=C\C/C=C\C/C=C\CCC(=O)O[C@H](COCCCCCCCCCCCCCCCCCCCC)COP(=O)(O)OC[C@H](N)C(=O)O. The van der Waals surface area contributed by atoms with Crippen LogP contribution in [0.5, 0.6) is 0 Å². The van der Waals surface area contributed by atoms with Gasteiger partial charge in [0.1, 0.15) is 12.1 Å². The average Bonchev–Trinajstić information content (AvgIpc) is 3.21. The molecule has 3 atom stereocenters. The second kappa shape index (κ2) is 43.5. The van der Waals surface area contributed by atoms with E-state index in [0.717, 1.165) is 57.8 Å². The van der Waals surface area contributed by atoms with Crippen molar-refractivity contribution in [3.63, 3.8) is 0 Å². The van der Waals surface area contributed by atoms with Crippen LogP contribution in [-0.4, -0.2) is 60.5 Å². The first-order chi connectivity index (χ1) is 28.7. The van der Waals surface area contributed by atoms with Crippen LogP contribution in [0, 0.1) is 0 Å². The molecule has 0 rings (SSSR count). The molecule has 11 heteroatoms. The van der Waals surface area contributed by atoms with E-state index in [1.54, 1.807) is 0 Å². The van der Waals surface area contributed by atoms with Gasteiger partial charge in [-0.05, 0) is 51.4 Å². The van der Waals surface area contributed by atoms with Crippen LogP contribution < -0.4 is 5.73 Å². The largest absolute Gasteiger partial charge is 0.480 e. The summed E-state index contributed by atoms with van der Waals surface area (Å²) >= 11 is 0. The van der Waals surface area contributed by atoms with Crippen molar-refractivity contribution < 1.29 is 42.7 Å². The second-order valence-corrected chi connectivity index (χ2v) is 16.6. The second-order valence-electron chi connectivity index (χ2n) is 15.2. The third kappa shape index (κ3) is 43.3. The topological polar surface area (TPSA) is 155 Å². The van der Waals surface area contributed by atoms with E-state index >= 15 is 0 Å². The van der Waals surface area contributed by atoms with Gasteiger partial charge in [0.15, 0.2) is 0 Å². The van der Waals surface area contributed by atoms with Crippen molar-refractivity contribution in [3.8, 4) is 0 Å². The fourth-order valence-electron chi connectivity index (χ4n) is 5.98. The normalized spacial score (nSPS) is 14.5. The number of carbonyl (C=O) groups is 2. The summed E-state index contributed by atoms with van der Waals surface area (Å²) in [4.78, 5) is 33.5. The molecule has 340 valence electrons. The number of phosphoric acid groups is 1. The molecule has 0 saturated carbocycles. The number of rotatable bonds is 43. The monoisotopic (exact) mass is 850 g/mol. The number of phosphoric ester groups is 1. The lowest BCUT2D eigenvalue weighted by atomic mass is 10.0. The van der Waals surface area contributed by atoms with E-state index in [-0.39, 0.29) is 13.0 Å². The fraction of sp³-hybridized carbons (Fsp3) is 0.708. The van der Waals surface area contributed by atoms with E-state index < -0.39 is 45.1 Å². The number of aliphatic carboxylic acids is 1. The molecule has 0 saturated heterocycles. The van der Waals surface area contributed by atoms with Crippen molar-refractivity contribution in [2.45, 2.75) is 193 Å². The Hall–Kier alpha value is -2.59. The highest BCUT2D eigenvalue weighted by atomic mass is 31.2. The van der Waals surface area contributed by atoms with Crippen LogP contribution in [0.1, 0.15) is 181 Å². The summed E-state index contributed by atoms with van der Waals surface area (Å²) in [5, 5.41) is 8.90. The lowest BCUT2D eigenvalue weighted by molar-refractivity contribution is -0.154. The molecule has 59 heavy (non-hydrogen) atoms. The first-order valence-corrected chi connectivity index (χ1v) is 24.5. The highest BCUT2D eigenvalue weighted by molar-refractivity contribution is 7.47. The minimum absolute atomic E-state index is 0.0146. The summed E-state index contributed by atoms with van der Waals surface area (Å²) in [6.45, 7) is 3.68. The van der Waals surface area contributed by atoms with Crippen LogP contribution >= 0.6 is 7.82 Å². The molecule has 0 spiro atoms. The zero-order valence-corrected chi connectivity index (χ0v) is 38.0. The summed E-state index contributed by atoms with van der Waals surface area (Å²) in [5.74, 6) is -1.87. The molecule has 0 amide bonds. The van der Waals surface area contributed by atoms with Crippen LogP contribution in [0.3, 0.4) is 0 Å². The van der Waals surface area contributed by atoms with E-state index in [0.29, 0.717) is 13.0 Å². The number of allylic oxidation sites excluding steroid dienone is 12. The molecular weight excluding hydrogens is 766 g/mol. The number of unbranched alkanes of at least 4 members (excludes halogenated alkanes) is 17. The van der Waals surface area contributed by atoms with E-state index in [9.17, 15) is 19.0 Å². The molecule has 0 aliphatic heterocycles. The first-order valence-electron chi connectivity index (χ1n) is 23.0. The van der Waals surface area contributed by atoms with Gasteiger partial charge < -0.3 is 25.2 Å². The van der Waals surface area contributed by atoms with Crippen molar-refractivity contribution in [3.05, 3.63) is 72.9 Å². The molecule has 0 aliphatic carbocycles. The molecular formula is C48H84NO9P. The quantitative estimate of drug-likeness (QED) is 0.0234. The Morgan fingerprint density at radius 3 is 1.37 bits per heavy atom. The van der Waals surface area contributed by atoms with Crippen LogP contribution in [0.15, 0.2) is 72.9 Å². The van der Waals surface area contributed by atoms with E-state index in [2.05, 4.69) is 74.6 Å². The number of carboxylic acid groups (broad SMARTS) is 1. The van der Waals surface area contributed by atoms with Gasteiger partial charge >= 0.3 is 19.8 Å². The van der Waals surface area contributed by atoms with E-state index in [1.165, 1.54) is 96.3 Å². The standard InChI is InChI=1S/C48H84NO9P/c1-3-5-7-9-11-13-15-17-19-21-23-24-26-28-30-32-34-36-38-40-47(50)58-45(43-56-59(53,54)57-44-46(49)48(51)52)42-55-41-39-37-35-33-31-29-27-25-22-20-18-16-14-12-10-8-6-4-2/h5,7,11,13,17,19,23-24,28,30,34,36,45-46H,3-4,6,8-10,12,14-16,18,20-22,25-27,29,31-33,35,37-44,49H2,1-2H3,(H,51,52)(H,53,54)/b7-5-,13-11-,19-17-,24-23-,30-28-,36-34-/t45-,46+/m1/s1. The van der Waals surface area contributed by atoms with Crippen LogP contribution in [-0.2, 0) is 32.7 Å². The van der Waals surface area contributed by atoms with Gasteiger partial charge in [0, 0.05) is 13.0 Å². The van der Waals surface area contributed by atoms with E-state index in [4.69, 9.17) is 29.4 Å². The van der Waals surface area contributed by atoms with Gasteiger partial charge in [-0.1, -0.05) is 196 Å². The summed E-state index contributed by atoms with van der Waals surface area (Å²) in [6, 6.07) is -1.49. The predicted octanol–water partition coefficient (Wildman–Crippen LogP) is 13.0. The first kappa shape index (κ1) is 56.4. The number of ether oxygens (including phenoxy) is 2. The Bertz CT molecular complexity index is 1210. The van der Waals surface area contributed by atoms with Gasteiger partial charge in [0.2, 0.25) is 0 Å². The highest BCUT2D eigenvalue weighted by Gasteiger charge is 2.27. The van der Waals surface area contributed by atoms with Crippen LogP contribution in [0.25, 0.3) is 0 Å². The summed E-state index contributed by atoms with van der Waals surface area (Å²) in [6.07, 6.45) is 54.0. The summed E-state index contributed by atoms with van der Waals surface area (Å²) in [5.41, 5.74) is 5.36. The predicted molar refractivity (Wildman–Crippen MR) is 244 cm³/mol. The van der Waals surface area contributed by atoms with Crippen molar-refractivity contribution in [1.82, 2.24) is 0 Å². The van der Waals surface area contributed by atoms with Gasteiger partial charge in [-0.2, -0.15) is 0 Å². The highest BCUT2D eigenvalue weighted by Crippen LogP contribution is 2.43. The molecule has 0 aromatic heterocycles. The zero-order valence-electron chi connectivity index (χ0n) is 37.1. The Morgan fingerprint density at radius 2 is 0.949 bits per heavy atom. The Kier molecular flexibility index (Phi) is 41.6. The van der Waals surface area contributed by atoms with E-state index in [1.807, 2.05) is 12.2 Å². The zero-order chi connectivity index (χ0) is 43.3. The molecule has 0 aliphatic rings. The van der Waals surface area contributed by atoms with Gasteiger partial charge in [-0.25, -0.2) is 4.57 Å². The van der Waals surface area contributed by atoms with Gasteiger partial charge in [0.05, 0.1) is 19.8 Å². The number of hydrogen-bond acceptors (Lipinski definition) is 8. The van der Waals surface area contributed by atoms with Crippen molar-refractivity contribution in [1.29, 1.82) is 0 Å². The number of nitrogens with two attached hydrogens (primary N) is 1. The Labute approximate surface area is 359 Å². The van der Waals surface area contributed by atoms with Gasteiger partial charge in [-0.15, -0.1) is 0 Å². The van der Waals surface area contributed by atoms with Crippen LogP contribution in [0.4, 0.5) is 0 Å². The number of carbonyl (C=O) groups excluding carboxylic acids is 1. The molecule has 0 aromatic carbocycles. The minimum Gasteiger partial charge on any atom is -0.480 e.